The first-order valence-electron chi connectivity index (χ1n) is 23.0. The maximum absolute atomic E-state index is 14.5. The van der Waals surface area contributed by atoms with Crippen molar-refractivity contribution in [1.29, 1.82) is 0 Å². The van der Waals surface area contributed by atoms with Crippen LogP contribution in [0.2, 0.25) is 0 Å². The van der Waals surface area contributed by atoms with Gasteiger partial charge >= 0.3 is 0 Å². The summed E-state index contributed by atoms with van der Waals surface area (Å²) in [6.07, 6.45) is 4.82. The summed E-state index contributed by atoms with van der Waals surface area (Å²) in [5.41, 5.74) is 62.3. The molecule has 24 N–H and O–H groups in total. The number of nitrogens with zero attached hydrogens (tertiary/aromatic N) is 8. The SMILES string of the molecule is NCCCCCCNCC(=O)N(CCCN=C(N)N)CC(=O)N(CCCN=C(N)N)CC(=O)N(CC(=O)N(CCCN=C(N)N)CC(=O)N[C@H](CCCN=C(N)N)C(N)=O)CC(N)c1ccccc1. The molecule has 27 nitrogen and oxygen atoms in total. The van der Waals surface area contributed by atoms with Crippen LogP contribution in [0.5, 0.6) is 0 Å². The fraction of sp³-hybridized carbons (Fsp3) is 0.619. The summed E-state index contributed by atoms with van der Waals surface area (Å²) in [6, 6.07) is 6.94. The Kier molecular flexibility index (Phi) is 30.6. The summed E-state index contributed by atoms with van der Waals surface area (Å²) >= 11 is 0. The van der Waals surface area contributed by atoms with Crippen LogP contribution in [0.15, 0.2) is 50.3 Å². The number of nitrogens with one attached hydrogen (secondary N) is 2. The number of hydrogen-bond acceptors (Lipinski definition) is 13. The van der Waals surface area contributed by atoms with Crippen molar-refractivity contribution in [2.24, 2.45) is 83.0 Å². The summed E-state index contributed by atoms with van der Waals surface area (Å²) < 4.78 is 0. The average Bonchev–Trinajstić information content (AvgIpc) is 3.29. The highest BCUT2D eigenvalue weighted by atomic mass is 16.2. The first-order valence-corrected chi connectivity index (χ1v) is 23.0. The topological polar surface area (TPSA) is 475 Å². The molecule has 0 aliphatic carbocycles. The second-order valence-electron chi connectivity index (χ2n) is 16.1. The van der Waals surface area contributed by atoms with Gasteiger partial charge in [-0.05, 0) is 63.6 Å². The largest absolute Gasteiger partial charge is 0.370 e. The Bertz CT molecular complexity index is 1830. The van der Waals surface area contributed by atoms with Gasteiger partial charge in [0.05, 0.1) is 32.7 Å². The van der Waals surface area contributed by atoms with Gasteiger partial charge in [0.15, 0.2) is 23.8 Å². The molecule has 0 saturated heterocycles. The highest BCUT2D eigenvalue weighted by Gasteiger charge is 2.29. The lowest BCUT2D eigenvalue weighted by Crippen LogP contribution is -2.53. The normalized spacial score (nSPS) is 11.5. The van der Waals surface area contributed by atoms with Crippen molar-refractivity contribution in [1.82, 2.24) is 30.2 Å². The zero-order chi connectivity index (χ0) is 51.6. The minimum atomic E-state index is -1.11. The molecule has 1 rings (SSSR count). The third kappa shape index (κ3) is 28.7. The van der Waals surface area contributed by atoms with Crippen molar-refractivity contribution in [2.45, 2.75) is 69.9 Å². The number of benzene rings is 1. The quantitative estimate of drug-likeness (QED) is 0.0168. The lowest BCUT2D eigenvalue weighted by molar-refractivity contribution is -0.146. The zero-order valence-corrected chi connectivity index (χ0v) is 39.9. The molecule has 0 saturated carbocycles. The van der Waals surface area contributed by atoms with Gasteiger partial charge in [0.1, 0.15) is 6.04 Å². The molecule has 0 aliphatic rings. The van der Waals surface area contributed by atoms with E-state index in [1.807, 2.05) is 0 Å². The summed E-state index contributed by atoms with van der Waals surface area (Å²) in [5, 5.41) is 5.69. The number of amides is 6. The second-order valence-corrected chi connectivity index (χ2v) is 16.1. The maximum atomic E-state index is 14.5. The predicted octanol–water partition coefficient (Wildman–Crippen LogP) is -5.88. The molecule has 27 heteroatoms. The number of carbonyl (C=O) groups excluding carboxylic acids is 6. The summed E-state index contributed by atoms with van der Waals surface area (Å²) in [4.78, 5) is 103. The Morgan fingerprint density at radius 2 is 0.957 bits per heavy atom. The predicted molar refractivity (Wildman–Crippen MR) is 267 cm³/mol. The highest BCUT2D eigenvalue weighted by Crippen LogP contribution is 2.13. The number of nitrogens with two attached hydrogens (primary N) is 11. The molecule has 0 radical (unpaired) electrons. The maximum Gasteiger partial charge on any atom is 0.242 e. The van der Waals surface area contributed by atoms with Crippen molar-refractivity contribution in [3.05, 3.63) is 35.9 Å². The molecule has 0 bridgehead atoms. The first-order chi connectivity index (χ1) is 32.8. The number of unbranched alkanes of at least 4 members (excludes halogenated alkanes) is 3. The van der Waals surface area contributed by atoms with Crippen LogP contribution < -0.4 is 73.7 Å². The molecule has 0 aliphatic heterocycles. The van der Waals surface area contributed by atoms with Crippen LogP contribution >= 0.6 is 0 Å². The Morgan fingerprint density at radius 1 is 0.522 bits per heavy atom. The van der Waals surface area contributed by atoms with Gasteiger partial charge in [0.25, 0.3) is 0 Å². The van der Waals surface area contributed by atoms with Crippen LogP contribution in [-0.4, -0.2) is 183 Å². The number of primary amides is 1. The molecule has 69 heavy (non-hydrogen) atoms. The van der Waals surface area contributed by atoms with Gasteiger partial charge in [0, 0.05) is 58.4 Å². The molecule has 2 atom stereocenters. The smallest absolute Gasteiger partial charge is 0.242 e. The van der Waals surface area contributed by atoms with E-state index in [1.165, 1.54) is 19.6 Å². The van der Waals surface area contributed by atoms with Crippen molar-refractivity contribution >= 4 is 59.3 Å². The van der Waals surface area contributed by atoms with Crippen LogP contribution in [0.25, 0.3) is 0 Å². The van der Waals surface area contributed by atoms with Gasteiger partial charge in [-0.15, -0.1) is 0 Å². The number of rotatable bonds is 37. The van der Waals surface area contributed by atoms with E-state index in [0.29, 0.717) is 31.5 Å². The molecule has 0 heterocycles. The van der Waals surface area contributed by atoms with Gasteiger partial charge in [0.2, 0.25) is 35.4 Å². The van der Waals surface area contributed by atoms with E-state index in [4.69, 9.17) is 63.1 Å². The Labute approximate surface area is 404 Å². The third-order valence-electron chi connectivity index (χ3n) is 10.2. The van der Waals surface area contributed by atoms with Crippen LogP contribution in [0.3, 0.4) is 0 Å². The van der Waals surface area contributed by atoms with Gasteiger partial charge < -0.3 is 93.3 Å². The van der Waals surface area contributed by atoms with Crippen molar-refractivity contribution in [3.63, 3.8) is 0 Å². The molecule has 1 aromatic carbocycles. The van der Waals surface area contributed by atoms with E-state index >= 15 is 0 Å². The average molecular weight is 974 g/mol. The number of aliphatic imine (C=N–C) groups is 4. The molecule has 1 aromatic rings. The van der Waals surface area contributed by atoms with Crippen LogP contribution in [0.1, 0.15) is 69.4 Å². The zero-order valence-electron chi connectivity index (χ0n) is 39.9. The molecule has 0 fully saturated rings. The molecule has 388 valence electrons. The van der Waals surface area contributed by atoms with Crippen molar-refractivity contribution in [2.75, 3.05) is 98.2 Å². The van der Waals surface area contributed by atoms with E-state index in [-0.39, 0.29) is 108 Å². The molecule has 6 amide bonds. The minimum absolute atomic E-state index is 0.0188. The van der Waals surface area contributed by atoms with Crippen molar-refractivity contribution in [3.8, 4) is 0 Å². The third-order valence-corrected chi connectivity index (χ3v) is 10.2. The molecular weight excluding hydrogens is 895 g/mol. The minimum Gasteiger partial charge on any atom is -0.370 e. The van der Waals surface area contributed by atoms with Crippen molar-refractivity contribution < 1.29 is 28.8 Å². The lowest BCUT2D eigenvalue weighted by atomic mass is 10.1. The number of carbonyl (C=O) groups is 6. The number of hydrogen-bond donors (Lipinski definition) is 13. The Balaban J connectivity index is 3.54. The van der Waals surface area contributed by atoms with E-state index < -0.39 is 67.8 Å². The monoisotopic (exact) mass is 974 g/mol. The van der Waals surface area contributed by atoms with E-state index in [2.05, 4.69) is 30.6 Å². The second kappa shape index (κ2) is 35.2. The van der Waals surface area contributed by atoms with Gasteiger partial charge in [-0.1, -0.05) is 43.2 Å². The van der Waals surface area contributed by atoms with E-state index in [0.717, 1.165) is 25.7 Å². The fourth-order valence-corrected chi connectivity index (χ4v) is 6.63. The summed E-state index contributed by atoms with van der Waals surface area (Å²) in [7, 11) is 0. The Morgan fingerprint density at radius 3 is 1.43 bits per heavy atom. The van der Waals surface area contributed by atoms with Crippen LogP contribution in [-0.2, 0) is 28.8 Å². The van der Waals surface area contributed by atoms with Crippen LogP contribution in [0, 0.1) is 0 Å². The molecule has 0 aromatic heterocycles. The number of guanidine groups is 4. The van der Waals surface area contributed by atoms with Crippen LogP contribution in [0.4, 0.5) is 0 Å². The first kappa shape index (κ1) is 60.0. The lowest BCUT2D eigenvalue weighted by Gasteiger charge is -2.32. The van der Waals surface area contributed by atoms with E-state index in [9.17, 15) is 28.8 Å². The molecule has 0 spiro atoms. The molecule has 1 unspecified atom stereocenters. The van der Waals surface area contributed by atoms with E-state index in [1.54, 1.807) is 30.3 Å². The molecular formula is C42H79N21O6. The summed E-state index contributed by atoms with van der Waals surface area (Å²) in [5.74, 6) is -4.44. The van der Waals surface area contributed by atoms with Gasteiger partial charge in [-0.2, -0.15) is 0 Å². The fourth-order valence-electron chi connectivity index (χ4n) is 6.63. The van der Waals surface area contributed by atoms with Gasteiger partial charge in [-0.25, -0.2) is 0 Å². The van der Waals surface area contributed by atoms with Gasteiger partial charge in [-0.3, -0.25) is 48.7 Å². The highest BCUT2D eigenvalue weighted by molar-refractivity contribution is 5.92. The standard InChI is InChI=1S/C42H79N21O6/c43-15-6-1-2-7-16-54-24-34(65)61(22-10-19-57-41(50)51)27-35(66)62(23-11-20-58-42(52)53)28-37(68)63(25-31(44)30-12-4-3-5-13-30)29-36(67)60(21-9-18-56-40(48)49)26-33(64)59-32(38(45)69)14-8-17-55-39(46)47/h3-5,12-13,31-32,54H,1-2,6-11,14-29,43-44H2,(H2,45,69)(H,59,64)(H4,46,47,55)(H4,48,49,56)(H4,50,51,57)(H4,52,53,58)/t31?,32-/m1/s1. The Hall–Kier alpha value is -7.00. The summed E-state index contributed by atoms with van der Waals surface area (Å²) in [6.45, 7) is -0.506.